The molecule has 0 atom stereocenters. The zero-order valence-corrected chi connectivity index (χ0v) is 11.4. The summed E-state index contributed by atoms with van der Waals surface area (Å²) < 4.78 is 5.04. The molecule has 0 saturated carbocycles. The molecule has 2 rings (SSSR count). The van der Waals surface area contributed by atoms with E-state index in [4.69, 9.17) is 21.8 Å². The largest absolute Gasteiger partial charge is 0.440 e. The van der Waals surface area contributed by atoms with E-state index in [0.29, 0.717) is 13.1 Å². The molecular formula is C15H13ClN2O2. The molecule has 1 amide bonds. The standard InChI is InChI=1S/C15H13ClN2O2/c16-14-8-7-13(20-14)15(19)18-10-12-5-2-1-4-11(12)6-3-9-17/h1-2,4-5,7-8H,9-10,17H2,(H,18,19). The molecule has 0 bridgehead atoms. The summed E-state index contributed by atoms with van der Waals surface area (Å²) in [6, 6.07) is 10.6. The molecule has 0 fully saturated rings. The molecule has 1 aromatic carbocycles. The molecule has 0 saturated heterocycles. The Morgan fingerprint density at radius 1 is 1.30 bits per heavy atom. The number of rotatable bonds is 3. The minimum Gasteiger partial charge on any atom is -0.440 e. The van der Waals surface area contributed by atoms with Crippen LogP contribution in [0.5, 0.6) is 0 Å². The fourth-order valence-corrected chi connectivity index (χ4v) is 1.79. The fourth-order valence-electron chi connectivity index (χ4n) is 1.64. The summed E-state index contributed by atoms with van der Waals surface area (Å²) in [6.45, 7) is 0.651. The lowest BCUT2D eigenvalue weighted by atomic mass is 10.1. The Labute approximate surface area is 121 Å². The minimum absolute atomic E-state index is 0.181. The minimum atomic E-state index is -0.321. The van der Waals surface area contributed by atoms with Gasteiger partial charge in [0.1, 0.15) is 0 Å². The van der Waals surface area contributed by atoms with Crippen LogP contribution < -0.4 is 11.1 Å². The third-order valence-electron chi connectivity index (χ3n) is 2.58. The van der Waals surface area contributed by atoms with E-state index < -0.39 is 0 Å². The van der Waals surface area contributed by atoms with Gasteiger partial charge in [-0.05, 0) is 35.4 Å². The summed E-state index contributed by atoms with van der Waals surface area (Å²) in [6.07, 6.45) is 0. The first-order valence-electron chi connectivity index (χ1n) is 6.01. The van der Waals surface area contributed by atoms with Crippen molar-refractivity contribution in [2.24, 2.45) is 5.73 Å². The van der Waals surface area contributed by atoms with Gasteiger partial charge in [-0.2, -0.15) is 0 Å². The molecule has 0 unspecified atom stereocenters. The number of nitrogens with two attached hydrogens (primary N) is 1. The first-order chi connectivity index (χ1) is 9.70. The molecule has 0 radical (unpaired) electrons. The van der Waals surface area contributed by atoms with Crippen molar-refractivity contribution in [1.82, 2.24) is 5.32 Å². The predicted molar refractivity (Wildman–Crippen MR) is 77.3 cm³/mol. The summed E-state index contributed by atoms with van der Waals surface area (Å²) in [5.74, 6) is 5.63. The fraction of sp³-hybridized carbons (Fsp3) is 0.133. The van der Waals surface area contributed by atoms with Crippen molar-refractivity contribution >= 4 is 17.5 Å². The molecule has 0 aliphatic carbocycles. The zero-order valence-electron chi connectivity index (χ0n) is 10.7. The van der Waals surface area contributed by atoms with E-state index >= 15 is 0 Å². The van der Waals surface area contributed by atoms with Crippen molar-refractivity contribution in [2.75, 3.05) is 6.54 Å². The summed E-state index contributed by atoms with van der Waals surface area (Å²) in [5, 5.41) is 2.94. The van der Waals surface area contributed by atoms with Gasteiger partial charge in [0.2, 0.25) is 0 Å². The van der Waals surface area contributed by atoms with E-state index in [-0.39, 0.29) is 16.9 Å². The summed E-state index contributed by atoms with van der Waals surface area (Å²) >= 11 is 5.63. The van der Waals surface area contributed by atoms with Crippen LogP contribution in [0.4, 0.5) is 0 Å². The third kappa shape index (κ3) is 3.64. The Morgan fingerprint density at radius 3 is 2.80 bits per heavy atom. The van der Waals surface area contributed by atoms with Crippen molar-refractivity contribution in [3.63, 3.8) is 0 Å². The molecular weight excluding hydrogens is 276 g/mol. The first-order valence-corrected chi connectivity index (χ1v) is 6.39. The summed E-state index contributed by atoms with van der Waals surface area (Å²) in [4.78, 5) is 11.8. The van der Waals surface area contributed by atoms with Crippen LogP contribution in [-0.4, -0.2) is 12.5 Å². The molecule has 4 nitrogen and oxygen atoms in total. The van der Waals surface area contributed by atoms with Crippen LogP contribution >= 0.6 is 11.6 Å². The maximum atomic E-state index is 11.8. The molecule has 2 aromatic rings. The summed E-state index contributed by atoms with van der Waals surface area (Å²) in [5.41, 5.74) is 7.12. The predicted octanol–water partition coefficient (Wildman–Crippen LogP) is 2.17. The van der Waals surface area contributed by atoms with Crippen molar-refractivity contribution in [2.45, 2.75) is 6.54 Å². The molecule has 20 heavy (non-hydrogen) atoms. The SMILES string of the molecule is NCC#Cc1ccccc1CNC(=O)c1ccc(Cl)o1. The van der Waals surface area contributed by atoms with E-state index in [1.54, 1.807) is 0 Å². The van der Waals surface area contributed by atoms with Gasteiger partial charge in [0.15, 0.2) is 11.0 Å². The van der Waals surface area contributed by atoms with Crippen molar-refractivity contribution in [3.8, 4) is 11.8 Å². The second-order valence-electron chi connectivity index (χ2n) is 3.95. The molecule has 3 N–H and O–H groups in total. The van der Waals surface area contributed by atoms with E-state index in [0.717, 1.165) is 11.1 Å². The van der Waals surface area contributed by atoms with Gasteiger partial charge in [-0.25, -0.2) is 0 Å². The van der Waals surface area contributed by atoms with Crippen LogP contribution in [0.2, 0.25) is 5.22 Å². The van der Waals surface area contributed by atoms with Gasteiger partial charge in [-0.15, -0.1) is 0 Å². The third-order valence-corrected chi connectivity index (χ3v) is 2.78. The molecule has 102 valence electrons. The van der Waals surface area contributed by atoms with E-state index in [1.165, 1.54) is 12.1 Å². The van der Waals surface area contributed by atoms with Crippen LogP contribution in [0.3, 0.4) is 0 Å². The van der Waals surface area contributed by atoms with Gasteiger partial charge in [-0.1, -0.05) is 30.0 Å². The Bertz CT molecular complexity index is 668. The van der Waals surface area contributed by atoms with Crippen molar-refractivity contribution in [3.05, 3.63) is 58.5 Å². The lowest BCUT2D eigenvalue weighted by Crippen LogP contribution is -2.22. The average Bonchev–Trinajstić information content (AvgIpc) is 2.90. The van der Waals surface area contributed by atoms with Crippen LogP contribution in [-0.2, 0) is 6.54 Å². The van der Waals surface area contributed by atoms with Gasteiger partial charge >= 0.3 is 0 Å². The van der Waals surface area contributed by atoms with Crippen LogP contribution in [0.25, 0.3) is 0 Å². The number of nitrogens with one attached hydrogen (secondary N) is 1. The topological polar surface area (TPSA) is 68.3 Å². The van der Waals surface area contributed by atoms with Gasteiger partial charge in [0, 0.05) is 12.1 Å². The number of carbonyl (C=O) groups is 1. The monoisotopic (exact) mass is 288 g/mol. The highest BCUT2D eigenvalue weighted by Crippen LogP contribution is 2.13. The number of amides is 1. The normalized spacial score (nSPS) is 9.70. The number of benzene rings is 1. The number of carbonyl (C=O) groups excluding carboxylic acids is 1. The van der Waals surface area contributed by atoms with Crippen molar-refractivity contribution in [1.29, 1.82) is 0 Å². The van der Waals surface area contributed by atoms with E-state index in [2.05, 4.69) is 17.2 Å². The Kier molecular flexibility index (Phi) is 4.83. The summed E-state index contributed by atoms with van der Waals surface area (Å²) in [7, 11) is 0. The molecule has 0 aliphatic rings. The number of hydrogen-bond acceptors (Lipinski definition) is 3. The second-order valence-corrected chi connectivity index (χ2v) is 4.32. The lowest BCUT2D eigenvalue weighted by Gasteiger charge is -2.05. The van der Waals surface area contributed by atoms with Crippen LogP contribution in [0.1, 0.15) is 21.7 Å². The van der Waals surface area contributed by atoms with Crippen LogP contribution in [0.15, 0.2) is 40.8 Å². The number of furan rings is 1. The lowest BCUT2D eigenvalue weighted by molar-refractivity contribution is 0.0923. The van der Waals surface area contributed by atoms with Gasteiger partial charge < -0.3 is 15.5 Å². The molecule has 5 heteroatoms. The molecule has 1 heterocycles. The maximum Gasteiger partial charge on any atom is 0.287 e. The Hall–Kier alpha value is -2.22. The highest BCUT2D eigenvalue weighted by atomic mass is 35.5. The quantitative estimate of drug-likeness (QED) is 0.851. The van der Waals surface area contributed by atoms with Gasteiger partial charge in [-0.3, -0.25) is 4.79 Å². The van der Waals surface area contributed by atoms with Crippen LogP contribution in [0, 0.1) is 11.8 Å². The average molecular weight is 289 g/mol. The highest BCUT2D eigenvalue weighted by Gasteiger charge is 2.10. The Morgan fingerprint density at radius 2 is 2.10 bits per heavy atom. The second kappa shape index (κ2) is 6.80. The van der Waals surface area contributed by atoms with Gasteiger partial charge in [0.05, 0.1) is 6.54 Å². The van der Waals surface area contributed by atoms with Crippen molar-refractivity contribution < 1.29 is 9.21 Å². The zero-order chi connectivity index (χ0) is 14.4. The first kappa shape index (κ1) is 14.2. The number of hydrogen-bond donors (Lipinski definition) is 2. The highest BCUT2D eigenvalue weighted by molar-refractivity contribution is 6.29. The maximum absolute atomic E-state index is 11.8. The number of halogens is 1. The van der Waals surface area contributed by atoms with Gasteiger partial charge in [0.25, 0.3) is 5.91 Å². The smallest absolute Gasteiger partial charge is 0.287 e. The molecule has 0 spiro atoms. The Balaban J connectivity index is 2.06. The van der Waals surface area contributed by atoms with E-state index in [1.807, 2.05) is 24.3 Å². The van der Waals surface area contributed by atoms with E-state index in [9.17, 15) is 4.79 Å². The molecule has 1 aromatic heterocycles. The molecule has 0 aliphatic heterocycles.